The van der Waals surface area contributed by atoms with E-state index in [4.69, 9.17) is 5.41 Å². The SMILES string of the molecule is CCC1=CC=CC(CC2CC=CCC(C)C2)C1=N. The van der Waals surface area contributed by atoms with Crippen LogP contribution < -0.4 is 0 Å². The molecule has 2 aliphatic carbocycles. The highest BCUT2D eigenvalue weighted by Crippen LogP contribution is 2.31. The summed E-state index contributed by atoms with van der Waals surface area (Å²) in [6.07, 6.45) is 17.1. The molecule has 0 radical (unpaired) electrons. The second kappa shape index (κ2) is 6.17. The summed E-state index contributed by atoms with van der Waals surface area (Å²) in [6.45, 7) is 4.50. The van der Waals surface area contributed by atoms with E-state index in [9.17, 15) is 0 Å². The fraction of sp³-hybridized carbons (Fsp3) is 0.588. The Labute approximate surface area is 111 Å². The third-order valence-corrected chi connectivity index (χ3v) is 4.24. The highest BCUT2D eigenvalue weighted by atomic mass is 14.5. The van der Waals surface area contributed by atoms with E-state index < -0.39 is 0 Å². The highest BCUT2D eigenvalue weighted by Gasteiger charge is 2.23. The van der Waals surface area contributed by atoms with Gasteiger partial charge in [0.1, 0.15) is 0 Å². The topological polar surface area (TPSA) is 23.9 Å². The highest BCUT2D eigenvalue weighted by molar-refractivity contribution is 6.01. The van der Waals surface area contributed by atoms with Gasteiger partial charge in [-0.25, -0.2) is 0 Å². The molecule has 0 aliphatic heterocycles. The van der Waals surface area contributed by atoms with Gasteiger partial charge < -0.3 is 5.41 Å². The number of hydrogen-bond donors (Lipinski definition) is 1. The molecular formula is C17H25N. The van der Waals surface area contributed by atoms with E-state index in [1.54, 1.807) is 0 Å². The van der Waals surface area contributed by atoms with Gasteiger partial charge in [0, 0.05) is 11.6 Å². The molecule has 98 valence electrons. The Morgan fingerprint density at radius 2 is 2.06 bits per heavy atom. The molecule has 3 atom stereocenters. The fourth-order valence-electron chi connectivity index (χ4n) is 3.16. The largest absolute Gasteiger partial charge is 0.304 e. The molecule has 18 heavy (non-hydrogen) atoms. The zero-order chi connectivity index (χ0) is 13.0. The number of allylic oxidation sites excluding steroid dienone is 6. The molecular weight excluding hydrogens is 218 g/mol. The Morgan fingerprint density at radius 3 is 2.83 bits per heavy atom. The first-order chi connectivity index (χ1) is 8.70. The second-order valence-corrected chi connectivity index (χ2v) is 5.84. The molecule has 0 aromatic carbocycles. The van der Waals surface area contributed by atoms with Crippen molar-refractivity contribution in [2.75, 3.05) is 0 Å². The van der Waals surface area contributed by atoms with Crippen LogP contribution in [0.5, 0.6) is 0 Å². The molecule has 0 fully saturated rings. The third-order valence-electron chi connectivity index (χ3n) is 4.24. The van der Waals surface area contributed by atoms with E-state index in [0.29, 0.717) is 5.92 Å². The van der Waals surface area contributed by atoms with Crippen LogP contribution in [-0.2, 0) is 0 Å². The maximum atomic E-state index is 8.29. The van der Waals surface area contributed by atoms with Gasteiger partial charge in [-0.3, -0.25) is 0 Å². The van der Waals surface area contributed by atoms with Gasteiger partial charge in [-0.2, -0.15) is 0 Å². The average Bonchev–Trinajstić information content (AvgIpc) is 2.56. The van der Waals surface area contributed by atoms with Gasteiger partial charge >= 0.3 is 0 Å². The Balaban J connectivity index is 1.97. The second-order valence-electron chi connectivity index (χ2n) is 5.84. The van der Waals surface area contributed by atoms with E-state index in [0.717, 1.165) is 30.4 Å². The van der Waals surface area contributed by atoms with Crippen molar-refractivity contribution in [3.63, 3.8) is 0 Å². The Bertz CT molecular complexity index is 386. The number of nitrogens with one attached hydrogen (secondary N) is 1. The smallest absolute Gasteiger partial charge is 0.0414 e. The molecule has 0 saturated carbocycles. The molecule has 0 aromatic heterocycles. The van der Waals surface area contributed by atoms with E-state index in [-0.39, 0.29) is 0 Å². The monoisotopic (exact) mass is 243 g/mol. The van der Waals surface area contributed by atoms with E-state index in [1.165, 1.54) is 24.8 Å². The standard InChI is InChI=1S/C17H25N/c1-3-15-9-6-10-16(17(15)18)12-14-8-5-4-7-13(2)11-14/h4-6,9-10,13-14,16,18H,3,7-8,11-12H2,1-2H3. The van der Waals surface area contributed by atoms with Crippen molar-refractivity contribution in [1.82, 2.24) is 0 Å². The summed E-state index contributed by atoms with van der Waals surface area (Å²) in [6, 6.07) is 0. The quantitative estimate of drug-likeness (QED) is 0.681. The van der Waals surface area contributed by atoms with Crippen LogP contribution in [0.3, 0.4) is 0 Å². The Morgan fingerprint density at radius 1 is 1.28 bits per heavy atom. The van der Waals surface area contributed by atoms with Crippen LogP contribution >= 0.6 is 0 Å². The average molecular weight is 243 g/mol. The van der Waals surface area contributed by atoms with Gasteiger partial charge in [0.25, 0.3) is 0 Å². The first kappa shape index (κ1) is 13.3. The molecule has 0 heterocycles. The van der Waals surface area contributed by atoms with E-state index >= 15 is 0 Å². The lowest BCUT2D eigenvalue weighted by molar-refractivity contribution is 0.371. The molecule has 1 nitrogen and oxygen atoms in total. The summed E-state index contributed by atoms with van der Waals surface area (Å²) in [7, 11) is 0. The van der Waals surface area contributed by atoms with Gasteiger partial charge in [-0.15, -0.1) is 0 Å². The van der Waals surface area contributed by atoms with Gasteiger partial charge in [0.15, 0.2) is 0 Å². The normalized spacial score (nSPS) is 32.2. The predicted molar refractivity (Wildman–Crippen MR) is 79.0 cm³/mol. The molecule has 0 spiro atoms. The van der Waals surface area contributed by atoms with Crippen molar-refractivity contribution in [1.29, 1.82) is 5.41 Å². The van der Waals surface area contributed by atoms with Crippen LogP contribution in [-0.4, -0.2) is 5.71 Å². The lowest BCUT2D eigenvalue weighted by atomic mass is 9.80. The van der Waals surface area contributed by atoms with Crippen LogP contribution in [0.15, 0.2) is 36.0 Å². The lowest BCUT2D eigenvalue weighted by Gasteiger charge is -2.25. The van der Waals surface area contributed by atoms with Gasteiger partial charge in [0.2, 0.25) is 0 Å². The Kier molecular flexibility index (Phi) is 4.57. The number of hydrogen-bond acceptors (Lipinski definition) is 1. The van der Waals surface area contributed by atoms with Crippen molar-refractivity contribution in [3.8, 4) is 0 Å². The van der Waals surface area contributed by atoms with Crippen LogP contribution in [0.1, 0.15) is 46.0 Å². The summed E-state index contributed by atoms with van der Waals surface area (Å²) in [5.74, 6) is 1.91. The fourth-order valence-corrected chi connectivity index (χ4v) is 3.16. The first-order valence-corrected chi connectivity index (χ1v) is 7.31. The Hall–Kier alpha value is -1.11. The molecule has 1 heteroatoms. The van der Waals surface area contributed by atoms with Crippen molar-refractivity contribution in [2.24, 2.45) is 17.8 Å². The van der Waals surface area contributed by atoms with Crippen molar-refractivity contribution >= 4 is 5.71 Å². The lowest BCUT2D eigenvalue weighted by Crippen LogP contribution is -2.20. The zero-order valence-corrected chi connectivity index (χ0v) is 11.7. The third kappa shape index (κ3) is 3.22. The predicted octanol–water partition coefficient (Wildman–Crippen LogP) is 4.91. The maximum Gasteiger partial charge on any atom is 0.0414 e. The van der Waals surface area contributed by atoms with Crippen LogP contribution in [0, 0.1) is 23.2 Å². The van der Waals surface area contributed by atoms with Gasteiger partial charge in [0.05, 0.1) is 0 Å². The van der Waals surface area contributed by atoms with Crippen LogP contribution in [0.4, 0.5) is 0 Å². The summed E-state index contributed by atoms with van der Waals surface area (Å²) < 4.78 is 0. The number of rotatable bonds is 3. The molecule has 0 bridgehead atoms. The van der Waals surface area contributed by atoms with E-state index in [1.807, 2.05) is 0 Å². The molecule has 2 rings (SSSR count). The summed E-state index contributed by atoms with van der Waals surface area (Å²) in [4.78, 5) is 0. The van der Waals surface area contributed by atoms with Crippen molar-refractivity contribution < 1.29 is 0 Å². The minimum absolute atomic E-state index is 0.355. The molecule has 2 aliphatic rings. The minimum atomic E-state index is 0.355. The molecule has 3 unspecified atom stereocenters. The molecule has 1 N–H and O–H groups in total. The summed E-state index contributed by atoms with van der Waals surface area (Å²) >= 11 is 0. The molecule has 0 amide bonds. The van der Waals surface area contributed by atoms with Gasteiger partial charge in [-0.05, 0) is 49.5 Å². The van der Waals surface area contributed by atoms with Crippen LogP contribution in [0.2, 0.25) is 0 Å². The summed E-state index contributed by atoms with van der Waals surface area (Å²) in [5.41, 5.74) is 2.08. The molecule has 0 saturated heterocycles. The molecule has 0 aromatic rings. The van der Waals surface area contributed by atoms with E-state index in [2.05, 4.69) is 44.2 Å². The van der Waals surface area contributed by atoms with Crippen molar-refractivity contribution in [2.45, 2.75) is 46.0 Å². The summed E-state index contributed by atoms with van der Waals surface area (Å²) in [5, 5.41) is 8.29. The minimum Gasteiger partial charge on any atom is -0.304 e. The van der Waals surface area contributed by atoms with Crippen molar-refractivity contribution in [3.05, 3.63) is 36.0 Å². The maximum absolute atomic E-state index is 8.29. The van der Waals surface area contributed by atoms with Gasteiger partial charge in [-0.1, -0.05) is 44.2 Å². The first-order valence-electron chi connectivity index (χ1n) is 7.31. The van der Waals surface area contributed by atoms with Crippen LogP contribution in [0.25, 0.3) is 0 Å². The zero-order valence-electron chi connectivity index (χ0n) is 11.7.